The molecular formula is C19H20N4O3. The first-order valence-electron chi connectivity index (χ1n) is 8.34. The summed E-state index contributed by atoms with van der Waals surface area (Å²) in [5, 5.41) is 12.6. The number of hydrogen-bond donors (Lipinski definition) is 4. The second-order valence-corrected chi connectivity index (χ2v) is 5.97. The Hall–Kier alpha value is -3.19. The largest absolute Gasteiger partial charge is 0.397 e. The Balaban J connectivity index is 2.20. The number of fused-ring (bicyclic) bond motifs is 1. The van der Waals surface area contributed by atoms with E-state index in [4.69, 9.17) is 5.73 Å². The zero-order chi connectivity index (χ0) is 18.7. The zero-order valence-corrected chi connectivity index (χ0v) is 14.4. The number of anilines is 1. The van der Waals surface area contributed by atoms with E-state index >= 15 is 0 Å². The Morgan fingerprint density at radius 1 is 1.35 bits per heavy atom. The molecule has 0 unspecified atom stereocenters. The van der Waals surface area contributed by atoms with Crippen molar-refractivity contribution in [3.05, 3.63) is 58.1 Å². The van der Waals surface area contributed by atoms with Crippen molar-refractivity contribution in [1.29, 1.82) is 0 Å². The maximum Gasteiger partial charge on any atom is 0.263 e. The van der Waals surface area contributed by atoms with Crippen molar-refractivity contribution in [3.8, 4) is 11.1 Å². The van der Waals surface area contributed by atoms with Gasteiger partial charge in [0.1, 0.15) is 5.56 Å². The molecule has 0 aliphatic carbocycles. The number of carbonyl (C=O) groups is 1. The number of rotatable bonds is 5. The van der Waals surface area contributed by atoms with Crippen LogP contribution in [0.15, 0.2) is 41.5 Å². The van der Waals surface area contributed by atoms with Crippen LogP contribution < -0.4 is 16.6 Å². The quantitative estimate of drug-likeness (QED) is 0.558. The van der Waals surface area contributed by atoms with Crippen LogP contribution in [0, 0.1) is 0 Å². The van der Waals surface area contributed by atoms with Crippen molar-refractivity contribution in [3.63, 3.8) is 0 Å². The molecule has 1 aromatic carbocycles. The molecule has 0 aliphatic rings. The number of pyridine rings is 2. The van der Waals surface area contributed by atoms with Gasteiger partial charge in [0, 0.05) is 35.5 Å². The molecular weight excluding hydrogens is 332 g/mol. The third kappa shape index (κ3) is 3.16. The molecule has 3 rings (SSSR count). The molecule has 0 bridgehead atoms. The van der Waals surface area contributed by atoms with Crippen molar-refractivity contribution in [1.82, 2.24) is 15.3 Å². The van der Waals surface area contributed by atoms with Crippen molar-refractivity contribution in [2.24, 2.45) is 0 Å². The predicted molar refractivity (Wildman–Crippen MR) is 101 cm³/mol. The van der Waals surface area contributed by atoms with Crippen LogP contribution in [0.2, 0.25) is 0 Å². The van der Waals surface area contributed by atoms with Crippen molar-refractivity contribution >= 4 is 22.5 Å². The smallest absolute Gasteiger partial charge is 0.263 e. The maximum atomic E-state index is 12.5. The highest BCUT2D eigenvalue weighted by Gasteiger charge is 2.18. The van der Waals surface area contributed by atoms with Gasteiger partial charge in [0.05, 0.1) is 17.8 Å². The minimum atomic E-state index is -0.540. The number of amides is 1. The molecule has 26 heavy (non-hydrogen) atoms. The van der Waals surface area contributed by atoms with E-state index in [0.717, 1.165) is 17.5 Å². The number of aromatic nitrogens is 2. The van der Waals surface area contributed by atoms with Crippen LogP contribution in [-0.2, 0) is 6.61 Å². The topological polar surface area (TPSA) is 121 Å². The first kappa shape index (κ1) is 17.6. The summed E-state index contributed by atoms with van der Waals surface area (Å²) < 4.78 is 0. The maximum absolute atomic E-state index is 12.5. The summed E-state index contributed by atoms with van der Waals surface area (Å²) in [6, 6.07) is 7.17. The number of para-hydroxylation sites is 1. The molecule has 0 saturated heterocycles. The lowest BCUT2D eigenvalue weighted by atomic mass is 10.00. The fraction of sp³-hybridized carbons (Fsp3) is 0.211. The van der Waals surface area contributed by atoms with E-state index in [9.17, 15) is 14.7 Å². The first-order valence-corrected chi connectivity index (χ1v) is 8.34. The van der Waals surface area contributed by atoms with Gasteiger partial charge >= 0.3 is 0 Å². The van der Waals surface area contributed by atoms with Gasteiger partial charge in [-0.3, -0.25) is 14.6 Å². The lowest BCUT2D eigenvalue weighted by molar-refractivity contribution is 0.0953. The van der Waals surface area contributed by atoms with Crippen LogP contribution in [0.1, 0.15) is 29.3 Å². The Morgan fingerprint density at radius 2 is 2.15 bits per heavy atom. The highest BCUT2D eigenvalue weighted by Crippen LogP contribution is 2.30. The van der Waals surface area contributed by atoms with Crippen LogP contribution in [0.5, 0.6) is 0 Å². The number of aliphatic hydroxyl groups is 1. The van der Waals surface area contributed by atoms with Crippen molar-refractivity contribution < 1.29 is 9.90 Å². The summed E-state index contributed by atoms with van der Waals surface area (Å²) in [7, 11) is 0. The highest BCUT2D eigenvalue weighted by molar-refractivity contribution is 6.08. The molecule has 7 nitrogen and oxygen atoms in total. The fourth-order valence-electron chi connectivity index (χ4n) is 2.86. The second kappa shape index (κ2) is 7.37. The van der Waals surface area contributed by atoms with E-state index < -0.39 is 11.5 Å². The Morgan fingerprint density at radius 3 is 2.88 bits per heavy atom. The molecule has 3 aromatic rings. The van der Waals surface area contributed by atoms with Crippen LogP contribution in [0.4, 0.5) is 5.69 Å². The van der Waals surface area contributed by atoms with Gasteiger partial charge in [0.2, 0.25) is 0 Å². The molecule has 0 saturated carbocycles. The molecule has 0 atom stereocenters. The van der Waals surface area contributed by atoms with Gasteiger partial charge in [-0.1, -0.05) is 25.1 Å². The van der Waals surface area contributed by atoms with Gasteiger partial charge in [-0.15, -0.1) is 0 Å². The summed E-state index contributed by atoms with van der Waals surface area (Å²) in [4.78, 5) is 31.7. The van der Waals surface area contributed by atoms with Gasteiger partial charge < -0.3 is 21.1 Å². The summed E-state index contributed by atoms with van der Waals surface area (Å²) in [5.41, 5.74) is 8.32. The average molecular weight is 352 g/mol. The van der Waals surface area contributed by atoms with Crippen molar-refractivity contribution in [2.75, 3.05) is 12.3 Å². The lowest BCUT2D eigenvalue weighted by Gasteiger charge is -2.12. The predicted octanol–water partition coefficient (Wildman–Crippen LogP) is 1.80. The number of nitrogen functional groups attached to an aromatic ring is 1. The minimum absolute atomic E-state index is 0.0784. The Kier molecular flexibility index (Phi) is 4.99. The Bertz CT molecular complexity index is 1030. The van der Waals surface area contributed by atoms with Gasteiger partial charge in [0.15, 0.2) is 0 Å². The lowest BCUT2D eigenvalue weighted by Crippen LogP contribution is -2.31. The molecule has 1 amide bonds. The number of aromatic amines is 1. The number of H-pyrrole nitrogens is 1. The summed E-state index contributed by atoms with van der Waals surface area (Å²) in [6.07, 6.45) is 3.97. The van der Waals surface area contributed by atoms with Crippen LogP contribution >= 0.6 is 0 Å². The van der Waals surface area contributed by atoms with Crippen LogP contribution in [0.25, 0.3) is 22.0 Å². The summed E-state index contributed by atoms with van der Waals surface area (Å²) in [5.74, 6) is -0.484. The highest BCUT2D eigenvalue weighted by atomic mass is 16.3. The molecule has 2 aromatic heterocycles. The molecule has 0 fully saturated rings. The van der Waals surface area contributed by atoms with E-state index in [0.29, 0.717) is 23.0 Å². The monoisotopic (exact) mass is 352 g/mol. The molecule has 2 heterocycles. The molecule has 5 N–H and O–H groups in total. The molecule has 7 heteroatoms. The normalized spacial score (nSPS) is 10.8. The van der Waals surface area contributed by atoms with Gasteiger partial charge in [-0.2, -0.15) is 0 Å². The second-order valence-electron chi connectivity index (χ2n) is 5.97. The molecule has 0 spiro atoms. The van der Waals surface area contributed by atoms with E-state index in [1.165, 1.54) is 0 Å². The molecule has 134 valence electrons. The summed E-state index contributed by atoms with van der Waals surface area (Å²) in [6.45, 7) is 2.26. The number of carbonyl (C=O) groups excluding carboxylic acids is 1. The zero-order valence-electron chi connectivity index (χ0n) is 14.4. The third-order valence-electron chi connectivity index (χ3n) is 4.14. The van der Waals surface area contributed by atoms with E-state index in [2.05, 4.69) is 15.3 Å². The van der Waals surface area contributed by atoms with E-state index in [1.807, 2.05) is 13.0 Å². The van der Waals surface area contributed by atoms with Crippen LogP contribution in [-0.4, -0.2) is 27.5 Å². The SMILES string of the molecule is CCCNC(=O)c1c(N)c2cccc(-c3cncc(CO)c3)c2[nH]c1=O. The van der Waals surface area contributed by atoms with Gasteiger partial charge in [0.25, 0.3) is 11.5 Å². The Labute approximate surface area is 149 Å². The summed E-state index contributed by atoms with van der Waals surface area (Å²) >= 11 is 0. The van der Waals surface area contributed by atoms with Gasteiger partial charge in [-0.05, 0) is 18.1 Å². The first-order chi connectivity index (χ1) is 12.6. The number of hydrogen-bond acceptors (Lipinski definition) is 5. The third-order valence-corrected chi connectivity index (χ3v) is 4.14. The number of nitrogens with one attached hydrogen (secondary N) is 2. The van der Waals surface area contributed by atoms with Crippen LogP contribution in [0.3, 0.4) is 0 Å². The standard InChI is InChI=1S/C19H20N4O3/c1-2-6-22-18(25)15-16(20)14-5-3-4-13(17(14)23-19(15)26)12-7-11(10-24)8-21-9-12/h3-5,7-9,24H,2,6,10H2,1H3,(H,22,25)(H3,20,23,26). The van der Waals surface area contributed by atoms with E-state index in [1.54, 1.807) is 30.6 Å². The number of nitrogens with zero attached hydrogens (tertiary/aromatic N) is 1. The molecule has 0 radical (unpaired) electrons. The molecule has 0 aliphatic heterocycles. The van der Waals surface area contributed by atoms with Crippen molar-refractivity contribution in [2.45, 2.75) is 20.0 Å². The average Bonchev–Trinajstić information content (AvgIpc) is 2.66. The fourth-order valence-corrected chi connectivity index (χ4v) is 2.86. The van der Waals surface area contributed by atoms with E-state index in [-0.39, 0.29) is 17.9 Å². The van der Waals surface area contributed by atoms with Gasteiger partial charge in [-0.25, -0.2) is 0 Å². The number of nitrogens with two attached hydrogens (primary N) is 1. The minimum Gasteiger partial charge on any atom is -0.397 e. The number of benzene rings is 1. The number of aliphatic hydroxyl groups excluding tert-OH is 1.